The molecule has 4 heteroatoms. The lowest BCUT2D eigenvalue weighted by Crippen LogP contribution is -2.11. The van der Waals surface area contributed by atoms with Crippen molar-refractivity contribution in [3.05, 3.63) is 0 Å². The molecule has 0 rings (SSSR count). The fourth-order valence-electron chi connectivity index (χ4n) is 0. The van der Waals surface area contributed by atoms with E-state index in [2.05, 4.69) is 0 Å². The maximum Gasteiger partial charge on any atom is -0.00550 e. The summed E-state index contributed by atoms with van der Waals surface area (Å²) >= 11 is 0. The molecule has 0 fully saturated rings. The zero-order valence-corrected chi connectivity index (χ0v) is 10.5. The molecular formula is H9Si4. The fraction of sp³-hybridized carbons (Fsp3) is 0. The minimum atomic E-state index is 0.537. The van der Waals surface area contributed by atoms with Crippen LogP contribution in [0.1, 0.15) is 0 Å². The molecule has 0 aromatic heterocycles. The molecule has 0 heterocycles. The summed E-state index contributed by atoms with van der Waals surface area (Å²) in [4.78, 5) is 0. The van der Waals surface area contributed by atoms with E-state index >= 15 is 0 Å². The molecule has 25 valence electrons. The van der Waals surface area contributed by atoms with Gasteiger partial charge in [0.05, 0.1) is 0 Å². The summed E-state index contributed by atoms with van der Waals surface area (Å²) in [5, 5.41) is 0. The SMILES string of the molecule is [SiH3][Si]([SiH3])[SiH3]. The van der Waals surface area contributed by atoms with E-state index in [1.54, 1.807) is 29.3 Å². The second-order valence-corrected chi connectivity index (χ2v) is 40.5. The van der Waals surface area contributed by atoms with E-state index in [0.717, 1.165) is 0 Å². The first kappa shape index (κ1) is 4.87. The van der Waals surface area contributed by atoms with Crippen LogP contribution in [0.4, 0.5) is 0 Å². The minimum absolute atomic E-state index is 0.537. The van der Waals surface area contributed by atoms with E-state index in [0.29, 0.717) is 7.35 Å². The molecule has 0 N–H and O–H groups in total. The van der Waals surface area contributed by atoms with Crippen molar-refractivity contribution in [2.24, 2.45) is 0 Å². The van der Waals surface area contributed by atoms with Crippen LogP contribution in [0.25, 0.3) is 0 Å². The van der Waals surface area contributed by atoms with E-state index in [9.17, 15) is 0 Å². The van der Waals surface area contributed by atoms with Crippen LogP contribution in [-0.2, 0) is 0 Å². The van der Waals surface area contributed by atoms with Gasteiger partial charge in [0.15, 0.2) is 0 Å². The van der Waals surface area contributed by atoms with Crippen LogP contribution in [-0.4, -0.2) is 36.6 Å². The average molecular weight is 121 g/mol. The summed E-state index contributed by atoms with van der Waals surface area (Å²) in [7, 11) is 5.26. The van der Waals surface area contributed by atoms with Gasteiger partial charge in [0.1, 0.15) is 0 Å². The van der Waals surface area contributed by atoms with Crippen molar-refractivity contribution in [3.63, 3.8) is 0 Å². The average Bonchev–Trinajstić information content (AvgIpc) is 0.811. The quantitative estimate of drug-likeness (QED) is 0.287. The summed E-state index contributed by atoms with van der Waals surface area (Å²) in [6, 6.07) is 0. The van der Waals surface area contributed by atoms with E-state index < -0.39 is 0 Å². The van der Waals surface area contributed by atoms with E-state index in [1.165, 1.54) is 0 Å². The Balaban J connectivity index is 2.32. The first-order chi connectivity index (χ1) is 1.73. The van der Waals surface area contributed by atoms with Crippen LogP contribution in [0.3, 0.4) is 0 Å². The van der Waals surface area contributed by atoms with Gasteiger partial charge in [-0.05, 0) is 36.6 Å². The Bertz CT molecular complexity index is 4.75. The van der Waals surface area contributed by atoms with Gasteiger partial charge in [-0.25, -0.2) is 0 Å². The highest BCUT2D eigenvalue weighted by atomic mass is 29.8. The molecule has 0 amide bonds. The third-order valence-electron chi connectivity index (χ3n) is 0. The Morgan fingerprint density at radius 1 is 1.00 bits per heavy atom. The predicted molar refractivity (Wildman–Crippen MR) is 35.6 cm³/mol. The molecule has 0 aliphatic heterocycles. The summed E-state index contributed by atoms with van der Waals surface area (Å²) in [6.45, 7) is 0. The fourth-order valence-corrected chi connectivity index (χ4v) is 0. The van der Waals surface area contributed by atoms with Gasteiger partial charge in [-0.15, -0.1) is 0 Å². The van der Waals surface area contributed by atoms with Crippen molar-refractivity contribution in [2.45, 2.75) is 0 Å². The summed E-state index contributed by atoms with van der Waals surface area (Å²) in [5.74, 6) is 0. The number of hydrogen-bond donors (Lipinski definition) is 0. The van der Waals surface area contributed by atoms with Crippen molar-refractivity contribution in [3.8, 4) is 0 Å². The highest BCUT2D eigenvalue weighted by Gasteiger charge is 1.72. The van der Waals surface area contributed by atoms with Crippen LogP contribution in [0.15, 0.2) is 0 Å². The highest BCUT2D eigenvalue weighted by Crippen LogP contribution is 1.35. The van der Waals surface area contributed by atoms with Crippen molar-refractivity contribution in [1.82, 2.24) is 0 Å². The van der Waals surface area contributed by atoms with Crippen LogP contribution in [0, 0.1) is 0 Å². The smallest absolute Gasteiger partial charge is 0.00550 e. The number of rotatable bonds is 0. The molecule has 0 aliphatic carbocycles. The molecule has 1 radical (unpaired) electrons. The van der Waals surface area contributed by atoms with Gasteiger partial charge in [0.25, 0.3) is 0 Å². The van der Waals surface area contributed by atoms with Gasteiger partial charge < -0.3 is 0 Å². The van der Waals surface area contributed by atoms with Crippen molar-refractivity contribution < 1.29 is 0 Å². The molecule has 0 nitrogen and oxygen atoms in total. The Morgan fingerprint density at radius 2 is 1.00 bits per heavy atom. The highest BCUT2D eigenvalue weighted by molar-refractivity contribution is 7.49. The van der Waals surface area contributed by atoms with Crippen LogP contribution in [0.5, 0.6) is 0 Å². The van der Waals surface area contributed by atoms with E-state index in [4.69, 9.17) is 0 Å². The van der Waals surface area contributed by atoms with Crippen molar-refractivity contribution in [2.75, 3.05) is 0 Å². The standard InChI is InChI=1S/H9Si4/c1-4(2)3/h1-3H3. The molecule has 0 spiro atoms. The molecule has 4 heavy (non-hydrogen) atoms. The molecule has 0 bridgehead atoms. The zero-order chi connectivity index (χ0) is 3.58. The zero-order valence-electron chi connectivity index (χ0n) is 3.50. The molecule has 0 aromatic carbocycles. The Hall–Kier alpha value is 0.868. The van der Waals surface area contributed by atoms with Gasteiger partial charge in [0, 0.05) is 0 Å². The molecule has 0 unspecified atom stereocenters. The maximum absolute atomic E-state index is 1.57. The Labute approximate surface area is 37.2 Å². The first-order valence-corrected chi connectivity index (χ1v) is 13.5. The van der Waals surface area contributed by atoms with Gasteiger partial charge in [0.2, 0.25) is 0 Å². The maximum atomic E-state index is 1.57. The second kappa shape index (κ2) is 2.13. The van der Waals surface area contributed by atoms with Gasteiger partial charge in [-0.3, -0.25) is 0 Å². The van der Waals surface area contributed by atoms with Gasteiger partial charge >= 0.3 is 0 Å². The topological polar surface area (TPSA) is 0 Å². The molecule has 0 saturated heterocycles. The largest absolute Gasteiger partial charge is 0.0110 e. The summed E-state index contributed by atoms with van der Waals surface area (Å²) in [5.41, 5.74) is 0. The third-order valence-corrected chi connectivity index (χ3v) is 0. The lowest BCUT2D eigenvalue weighted by atomic mass is 26.4. The second-order valence-electron chi connectivity index (χ2n) is 1.50. The Kier molecular flexibility index (Phi) is 2.59. The summed E-state index contributed by atoms with van der Waals surface area (Å²) < 4.78 is 0. The predicted octanol–water partition coefficient (Wildman–Crippen LogP) is -3.93. The summed E-state index contributed by atoms with van der Waals surface area (Å²) in [6.07, 6.45) is 0. The normalized spacial score (nSPS) is 11.2. The molecular weight excluding hydrogens is 112 g/mol. The molecule has 0 aliphatic rings. The van der Waals surface area contributed by atoms with Crippen LogP contribution >= 0.6 is 0 Å². The van der Waals surface area contributed by atoms with E-state index in [1.807, 2.05) is 0 Å². The van der Waals surface area contributed by atoms with E-state index in [-0.39, 0.29) is 0 Å². The van der Waals surface area contributed by atoms with Crippen LogP contribution in [0.2, 0.25) is 0 Å². The third kappa shape index (κ3) is 13.3. The molecule has 0 saturated carbocycles. The first-order valence-electron chi connectivity index (χ1n) is 1.50. The monoisotopic (exact) mass is 121 g/mol. The van der Waals surface area contributed by atoms with Gasteiger partial charge in [-0.2, -0.15) is 0 Å². The number of hydrogen-bond acceptors (Lipinski definition) is 0. The lowest BCUT2D eigenvalue weighted by Gasteiger charge is -1.74. The molecule has 0 atom stereocenters. The van der Waals surface area contributed by atoms with Gasteiger partial charge in [-0.1, -0.05) is 0 Å². The van der Waals surface area contributed by atoms with Crippen LogP contribution < -0.4 is 0 Å². The van der Waals surface area contributed by atoms with Crippen molar-refractivity contribution >= 4 is 36.6 Å². The van der Waals surface area contributed by atoms with Crippen molar-refractivity contribution in [1.29, 1.82) is 0 Å². The minimum Gasteiger partial charge on any atom is -0.0110 e. The lowest BCUT2D eigenvalue weighted by molar-refractivity contribution is 4.02. The Morgan fingerprint density at radius 3 is 1.00 bits per heavy atom. The molecule has 0 aromatic rings.